The number of hydrogen-bond donors (Lipinski definition) is 2. The van der Waals surface area contributed by atoms with Gasteiger partial charge in [0.05, 0.1) is 15.9 Å². The number of thiazole rings is 1. The number of aromatic nitrogens is 2. The van der Waals surface area contributed by atoms with E-state index in [0.29, 0.717) is 10.4 Å². The van der Waals surface area contributed by atoms with Gasteiger partial charge in [0.25, 0.3) is 0 Å². The van der Waals surface area contributed by atoms with Gasteiger partial charge in [-0.25, -0.2) is 18.7 Å². The van der Waals surface area contributed by atoms with E-state index >= 15 is 0 Å². The molecule has 136 valence electrons. The summed E-state index contributed by atoms with van der Waals surface area (Å²) in [5.74, 6) is -1.31. The molecule has 1 aliphatic rings. The van der Waals surface area contributed by atoms with Crippen LogP contribution < -0.4 is 10.6 Å². The molecule has 2 N–H and O–H groups in total. The molecule has 0 bridgehead atoms. The highest BCUT2D eigenvalue weighted by molar-refractivity contribution is 7.19. The largest absolute Gasteiger partial charge is 0.350 e. The number of thiophene rings is 1. The minimum Gasteiger partial charge on any atom is -0.350 e. The lowest BCUT2D eigenvalue weighted by atomic mass is 10.1. The third kappa shape index (κ3) is 2.90. The molecule has 0 fully saturated rings. The third-order valence-corrected chi connectivity index (χ3v) is 6.45. The van der Waals surface area contributed by atoms with Crippen LogP contribution in [0.5, 0.6) is 0 Å². The maximum Gasteiger partial charge on any atom is 0.176 e. The first-order chi connectivity index (χ1) is 13.2. The van der Waals surface area contributed by atoms with Gasteiger partial charge in [-0.1, -0.05) is 6.08 Å². The van der Waals surface area contributed by atoms with Crippen LogP contribution in [0.4, 0.5) is 20.2 Å². The number of anilines is 2. The number of nitrogens with one attached hydrogen (secondary N) is 2. The smallest absolute Gasteiger partial charge is 0.176 e. The van der Waals surface area contributed by atoms with E-state index in [-0.39, 0.29) is 11.2 Å². The Hall–Kier alpha value is -2.42. The molecule has 1 aliphatic heterocycles. The molecule has 4 aromatic rings. The molecule has 4 heterocycles. The van der Waals surface area contributed by atoms with Crippen LogP contribution in [-0.4, -0.2) is 23.1 Å². The van der Waals surface area contributed by atoms with Gasteiger partial charge < -0.3 is 10.6 Å². The fourth-order valence-electron chi connectivity index (χ4n) is 3.22. The highest BCUT2D eigenvalue weighted by Crippen LogP contribution is 2.37. The summed E-state index contributed by atoms with van der Waals surface area (Å²) in [6.45, 7) is 1.80. The van der Waals surface area contributed by atoms with E-state index in [4.69, 9.17) is 0 Å². The summed E-state index contributed by atoms with van der Waals surface area (Å²) >= 11 is 2.80. The maximum atomic E-state index is 14.8. The molecule has 3 aromatic heterocycles. The molecule has 0 saturated carbocycles. The first-order valence-corrected chi connectivity index (χ1v) is 10.2. The highest BCUT2D eigenvalue weighted by atomic mass is 32.1. The van der Waals surface area contributed by atoms with E-state index < -0.39 is 11.6 Å². The molecular formula is C19H14F2N4S2. The second kappa shape index (κ2) is 6.63. The van der Waals surface area contributed by atoms with Crippen LogP contribution in [0.1, 0.15) is 11.3 Å². The van der Waals surface area contributed by atoms with Crippen molar-refractivity contribution in [3.63, 3.8) is 0 Å². The van der Waals surface area contributed by atoms with Crippen LogP contribution >= 0.6 is 22.7 Å². The molecule has 0 aliphatic carbocycles. The van der Waals surface area contributed by atoms with E-state index in [1.54, 1.807) is 23.6 Å². The quantitative estimate of drug-likeness (QED) is 0.490. The first kappa shape index (κ1) is 16.7. The predicted octanol–water partition coefficient (Wildman–Crippen LogP) is 5.30. The second-order valence-electron chi connectivity index (χ2n) is 6.25. The summed E-state index contributed by atoms with van der Waals surface area (Å²) in [4.78, 5) is 10.4. The van der Waals surface area contributed by atoms with Gasteiger partial charge in [0, 0.05) is 23.0 Å². The number of nitrogens with zero attached hydrogens (tertiary/aromatic N) is 2. The van der Waals surface area contributed by atoms with Crippen molar-refractivity contribution in [1.82, 2.24) is 15.3 Å². The fourth-order valence-corrected chi connectivity index (χ4v) is 4.98. The van der Waals surface area contributed by atoms with E-state index in [0.717, 1.165) is 34.6 Å². The van der Waals surface area contributed by atoms with Crippen molar-refractivity contribution in [3.8, 4) is 0 Å². The van der Waals surface area contributed by atoms with Crippen molar-refractivity contribution in [3.05, 3.63) is 52.5 Å². The second-order valence-corrected chi connectivity index (χ2v) is 8.17. The molecule has 0 amide bonds. The van der Waals surface area contributed by atoms with E-state index in [1.807, 2.05) is 6.07 Å². The normalized spacial score (nSPS) is 14.7. The average molecular weight is 400 g/mol. The Labute approximate surface area is 161 Å². The van der Waals surface area contributed by atoms with Crippen molar-refractivity contribution in [1.29, 1.82) is 0 Å². The third-order valence-electron chi connectivity index (χ3n) is 4.56. The van der Waals surface area contributed by atoms with Crippen molar-refractivity contribution in [2.75, 3.05) is 18.4 Å². The van der Waals surface area contributed by atoms with Crippen LogP contribution in [0.2, 0.25) is 0 Å². The average Bonchev–Trinajstić information content (AvgIpc) is 3.33. The van der Waals surface area contributed by atoms with Crippen molar-refractivity contribution >= 4 is 60.1 Å². The predicted molar refractivity (Wildman–Crippen MR) is 108 cm³/mol. The molecule has 0 unspecified atom stereocenters. The van der Waals surface area contributed by atoms with Crippen molar-refractivity contribution in [2.24, 2.45) is 0 Å². The summed E-state index contributed by atoms with van der Waals surface area (Å²) in [6, 6.07) is 5.08. The Balaban J connectivity index is 1.59. The van der Waals surface area contributed by atoms with Gasteiger partial charge in [-0.15, -0.1) is 22.7 Å². The molecule has 5 rings (SSSR count). The van der Waals surface area contributed by atoms with Gasteiger partial charge in [0.1, 0.15) is 16.0 Å². The van der Waals surface area contributed by atoms with Crippen LogP contribution in [0.15, 0.2) is 36.0 Å². The van der Waals surface area contributed by atoms with Gasteiger partial charge in [-0.3, -0.25) is 0 Å². The Kier molecular flexibility index (Phi) is 4.11. The van der Waals surface area contributed by atoms with Crippen LogP contribution in [0.25, 0.3) is 26.0 Å². The summed E-state index contributed by atoms with van der Waals surface area (Å²) in [5, 5.41) is 7.13. The van der Waals surface area contributed by atoms with Gasteiger partial charge in [0.2, 0.25) is 0 Å². The number of hydrogen-bond acceptors (Lipinski definition) is 6. The number of halogens is 2. The van der Waals surface area contributed by atoms with E-state index in [1.165, 1.54) is 28.5 Å². The van der Waals surface area contributed by atoms with E-state index in [9.17, 15) is 8.78 Å². The number of rotatable bonds is 3. The van der Waals surface area contributed by atoms with Crippen molar-refractivity contribution in [2.45, 2.75) is 6.42 Å². The Bertz CT molecular complexity index is 1200. The molecule has 0 spiro atoms. The van der Waals surface area contributed by atoms with Gasteiger partial charge in [-0.2, -0.15) is 0 Å². The monoisotopic (exact) mass is 400 g/mol. The molecule has 4 nitrogen and oxygen atoms in total. The summed E-state index contributed by atoms with van der Waals surface area (Å²) in [5.41, 5.74) is 3.36. The zero-order valence-corrected chi connectivity index (χ0v) is 15.7. The van der Waals surface area contributed by atoms with Crippen LogP contribution in [-0.2, 0) is 0 Å². The van der Waals surface area contributed by atoms with Gasteiger partial charge >= 0.3 is 0 Å². The molecule has 8 heteroatoms. The number of pyridine rings is 1. The standard InChI is InChI=1S/C19H14F2N4S2/c20-12-7-15-18(24-9-26-15)16(21)17(12)25-13-3-5-23-19-11(13)6-14(27-19)10-2-1-4-22-8-10/h2-3,5-7,9,22H,1,4,8H2,(H,23,25). The Morgan fingerprint density at radius 1 is 1.19 bits per heavy atom. The SMILES string of the molecule is Fc1cc2scnc2c(F)c1Nc1ccnc2sc(C3=CCCNC3)cc12. The molecule has 0 saturated heterocycles. The van der Waals surface area contributed by atoms with Gasteiger partial charge in [0.15, 0.2) is 11.6 Å². The molecule has 0 atom stereocenters. The molecule has 27 heavy (non-hydrogen) atoms. The van der Waals surface area contributed by atoms with E-state index in [2.05, 4.69) is 26.7 Å². The summed E-state index contributed by atoms with van der Waals surface area (Å²) in [6.07, 6.45) is 4.87. The Morgan fingerprint density at radius 2 is 2.11 bits per heavy atom. The van der Waals surface area contributed by atoms with Gasteiger partial charge in [-0.05, 0) is 36.7 Å². The highest BCUT2D eigenvalue weighted by Gasteiger charge is 2.18. The summed E-state index contributed by atoms with van der Waals surface area (Å²) in [7, 11) is 0. The van der Waals surface area contributed by atoms with Crippen LogP contribution in [0, 0.1) is 11.6 Å². The zero-order valence-electron chi connectivity index (χ0n) is 14.1. The first-order valence-electron chi connectivity index (χ1n) is 8.47. The minimum atomic E-state index is -0.675. The minimum absolute atomic E-state index is 0.179. The summed E-state index contributed by atoms with van der Waals surface area (Å²) < 4.78 is 29.7. The lowest BCUT2D eigenvalue weighted by molar-refractivity contribution is 0.598. The molecule has 1 aromatic carbocycles. The number of benzene rings is 1. The molecular weight excluding hydrogens is 386 g/mol. The fraction of sp³-hybridized carbons (Fsp3) is 0.158. The Morgan fingerprint density at radius 3 is 2.96 bits per heavy atom. The lowest BCUT2D eigenvalue weighted by Crippen LogP contribution is -2.20. The van der Waals surface area contributed by atoms with Crippen molar-refractivity contribution < 1.29 is 8.78 Å². The number of fused-ring (bicyclic) bond motifs is 2. The van der Waals surface area contributed by atoms with Crippen LogP contribution in [0.3, 0.4) is 0 Å². The molecule has 0 radical (unpaired) electrons. The lowest BCUT2D eigenvalue weighted by Gasteiger charge is -2.12. The zero-order chi connectivity index (χ0) is 18.4. The topological polar surface area (TPSA) is 49.8 Å². The maximum absolute atomic E-state index is 14.8.